The van der Waals surface area contributed by atoms with Crippen LogP contribution in [0.25, 0.3) is 0 Å². The van der Waals surface area contributed by atoms with Crippen LogP contribution in [0.3, 0.4) is 0 Å². The molecule has 0 aromatic carbocycles. The summed E-state index contributed by atoms with van der Waals surface area (Å²) < 4.78 is 27.4. The van der Waals surface area contributed by atoms with Gasteiger partial charge in [0.1, 0.15) is 4.21 Å². The first-order valence-corrected chi connectivity index (χ1v) is 9.71. The van der Waals surface area contributed by atoms with Gasteiger partial charge in [-0.3, -0.25) is 0 Å². The number of nitrogens with one attached hydrogen (secondary N) is 2. The third-order valence-electron chi connectivity index (χ3n) is 3.70. The van der Waals surface area contributed by atoms with Crippen LogP contribution in [0.5, 0.6) is 0 Å². The Kier molecular flexibility index (Phi) is 6.01. The number of thiophene rings is 1. The highest BCUT2D eigenvalue weighted by Gasteiger charge is 2.20. The molecule has 6 heteroatoms. The smallest absolute Gasteiger partial charge is 0.250 e. The van der Waals surface area contributed by atoms with Crippen LogP contribution >= 0.6 is 11.3 Å². The lowest BCUT2D eigenvalue weighted by atomic mass is 9.83. The first kappa shape index (κ1) is 15.9. The van der Waals surface area contributed by atoms with Gasteiger partial charge in [-0.25, -0.2) is 13.1 Å². The Morgan fingerprint density at radius 1 is 1.30 bits per heavy atom. The standard InChI is InChI=1S/C14H24N2O2S2/c1-2-9-15-11-13-6-7-14(19-13)20(17,18)16-10-8-12-4-3-5-12/h6-7,12,15-16H,2-5,8-11H2,1H3. The number of rotatable bonds is 9. The lowest BCUT2D eigenvalue weighted by Gasteiger charge is -2.24. The third kappa shape index (κ3) is 4.55. The molecule has 0 aliphatic heterocycles. The maximum atomic E-state index is 12.1. The summed E-state index contributed by atoms with van der Waals surface area (Å²) in [6.45, 7) is 4.38. The monoisotopic (exact) mass is 316 g/mol. The van der Waals surface area contributed by atoms with E-state index in [1.54, 1.807) is 6.07 Å². The minimum absolute atomic E-state index is 0.430. The SMILES string of the molecule is CCCNCc1ccc(S(=O)(=O)NCCC2CCC2)s1. The predicted molar refractivity (Wildman–Crippen MR) is 83.5 cm³/mol. The number of sulfonamides is 1. The highest BCUT2D eigenvalue weighted by Crippen LogP contribution is 2.29. The van der Waals surface area contributed by atoms with Crippen molar-refractivity contribution in [3.63, 3.8) is 0 Å². The molecule has 4 nitrogen and oxygen atoms in total. The Balaban J connectivity index is 1.81. The van der Waals surface area contributed by atoms with E-state index in [2.05, 4.69) is 17.0 Å². The molecule has 20 heavy (non-hydrogen) atoms. The maximum absolute atomic E-state index is 12.1. The second kappa shape index (κ2) is 7.54. The van der Waals surface area contributed by atoms with Crippen molar-refractivity contribution in [2.75, 3.05) is 13.1 Å². The summed E-state index contributed by atoms with van der Waals surface area (Å²) in [5.41, 5.74) is 0. The number of hydrogen-bond donors (Lipinski definition) is 2. The zero-order chi connectivity index (χ0) is 14.4. The van der Waals surface area contributed by atoms with Gasteiger partial charge in [0.15, 0.2) is 0 Å². The molecule has 0 bridgehead atoms. The van der Waals surface area contributed by atoms with Crippen LogP contribution in [0.2, 0.25) is 0 Å². The maximum Gasteiger partial charge on any atom is 0.250 e. The summed E-state index contributed by atoms with van der Waals surface area (Å²) in [6, 6.07) is 3.60. The van der Waals surface area contributed by atoms with Gasteiger partial charge in [0.2, 0.25) is 10.0 Å². The minimum atomic E-state index is -3.31. The van der Waals surface area contributed by atoms with Crippen LogP contribution in [0.15, 0.2) is 16.3 Å². The third-order valence-corrected chi connectivity index (χ3v) is 6.74. The second-order valence-electron chi connectivity index (χ2n) is 5.38. The van der Waals surface area contributed by atoms with Crippen LogP contribution in [-0.4, -0.2) is 21.5 Å². The zero-order valence-corrected chi connectivity index (χ0v) is 13.7. The van der Waals surface area contributed by atoms with Gasteiger partial charge in [-0.2, -0.15) is 0 Å². The molecule has 2 N–H and O–H groups in total. The van der Waals surface area contributed by atoms with E-state index in [-0.39, 0.29) is 0 Å². The molecule has 114 valence electrons. The van der Waals surface area contributed by atoms with Crippen molar-refractivity contribution in [1.82, 2.24) is 10.0 Å². The molecule has 1 aromatic rings. The van der Waals surface area contributed by atoms with Gasteiger partial charge < -0.3 is 5.32 Å². The van der Waals surface area contributed by atoms with Crippen LogP contribution in [0.4, 0.5) is 0 Å². The van der Waals surface area contributed by atoms with E-state index in [4.69, 9.17) is 0 Å². The second-order valence-corrected chi connectivity index (χ2v) is 8.54. The van der Waals surface area contributed by atoms with Gasteiger partial charge in [-0.15, -0.1) is 11.3 Å². The van der Waals surface area contributed by atoms with E-state index < -0.39 is 10.0 Å². The Hall–Kier alpha value is -0.430. The van der Waals surface area contributed by atoms with Gasteiger partial charge in [0.05, 0.1) is 0 Å². The molecule has 0 saturated heterocycles. The van der Waals surface area contributed by atoms with Crippen molar-refractivity contribution in [3.8, 4) is 0 Å². The molecule has 1 saturated carbocycles. The van der Waals surface area contributed by atoms with Crippen LogP contribution in [-0.2, 0) is 16.6 Å². The summed E-state index contributed by atoms with van der Waals surface area (Å²) in [6.07, 6.45) is 5.87. The summed E-state index contributed by atoms with van der Waals surface area (Å²) in [7, 11) is -3.31. The van der Waals surface area contributed by atoms with Crippen LogP contribution < -0.4 is 10.0 Å². The topological polar surface area (TPSA) is 58.2 Å². The molecule has 0 atom stereocenters. The fourth-order valence-electron chi connectivity index (χ4n) is 2.24. The molecule has 1 aliphatic rings. The minimum Gasteiger partial charge on any atom is -0.312 e. The molecule has 2 rings (SSSR count). The molecule has 0 unspecified atom stereocenters. The Morgan fingerprint density at radius 3 is 2.75 bits per heavy atom. The molecule has 0 radical (unpaired) electrons. The Labute approximate surface area is 126 Å². The first-order chi connectivity index (χ1) is 9.62. The highest BCUT2D eigenvalue weighted by atomic mass is 32.2. The largest absolute Gasteiger partial charge is 0.312 e. The van der Waals surface area contributed by atoms with Crippen molar-refractivity contribution in [1.29, 1.82) is 0 Å². The summed E-state index contributed by atoms with van der Waals surface area (Å²) >= 11 is 1.36. The fourth-order valence-corrected chi connectivity index (χ4v) is 4.65. The van der Waals surface area contributed by atoms with E-state index in [0.29, 0.717) is 10.8 Å². The molecule has 1 aromatic heterocycles. The zero-order valence-electron chi connectivity index (χ0n) is 12.0. The van der Waals surface area contributed by atoms with Crippen molar-refractivity contribution >= 4 is 21.4 Å². The molecule has 1 aliphatic carbocycles. The van der Waals surface area contributed by atoms with Crippen molar-refractivity contribution < 1.29 is 8.42 Å². The average Bonchev–Trinajstić information content (AvgIpc) is 2.82. The van der Waals surface area contributed by atoms with E-state index in [9.17, 15) is 8.42 Å². The van der Waals surface area contributed by atoms with E-state index in [0.717, 1.165) is 36.7 Å². The molecule has 1 fully saturated rings. The van der Waals surface area contributed by atoms with Crippen molar-refractivity contribution in [3.05, 3.63) is 17.0 Å². The van der Waals surface area contributed by atoms with Gasteiger partial charge in [0, 0.05) is 18.0 Å². The Morgan fingerprint density at radius 2 is 2.10 bits per heavy atom. The van der Waals surface area contributed by atoms with E-state index >= 15 is 0 Å². The van der Waals surface area contributed by atoms with Crippen molar-refractivity contribution in [2.24, 2.45) is 5.92 Å². The van der Waals surface area contributed by atoms with Gasteiger partial charge in [-0.1, -0.05) is 26.2 Å². The molecule has 0 spiro atoms. The van der Waals surface area contributed by atoms with Gasteiger partial charge in [0.25, 0.3) is 0 Å². The molecule has 0 amide bonds. The van der Waals surface area contributed by atoms with Crippen LogP contribution in [0, 0.1) is 5.92 Å². The van der Waals surface area contributed by atoms with Crippen molar-refractivity contribution in [2.45, 2.75) is 49.8 Å². The first-order valence-electron chi connectivity index (χ1n) is 7.41. The summed E-state index contributed by atoms with van der Waals surface area (Å²) in [5, 5.41) is 3.28. The summed E-state index contributed by atoms with van der Waals surface area (Å²) in [5.74, 6) is 0.731. The molecular weight excluding hydrogens is 292 g/mol. The number of hydrogen-bond acceptors (Lipinski definition) is 4. The van der Waals surface area contributed by atoms with E-state index in [1.807, 2.05) is 6.07 Å². The van der Waals surface area contributed by atoms with Crippen LogP contribution in [0.1, 0.15) is 43.9 Å². The lowest BCUT2D eigenvalue weighted by Crippen LogP contribution is -2.27. The molecule has 1 heterocycles. The Bertz CT molecular complexity index is 507. The van der Waals surface area contributed by atoms with E-state index in [1.165, 1.54) is 30.6 Å². The highest BCUT2D eigenvalue weighted by molar-refractivity contribution is 7.91. The lowest BCUT2D eigenvalue weighted by molar-refractivity contribution is 0.297. The molecular formula is C14H24N2O2S2. The van der Waals surface area contributed by atoms with Gasteiger partial charge in [-0.05, 0) is 37.4 Å². The normalized spacial score (nSPS) is 16.2. The quantitative estimate of drug-likeness (QED) is 0.689. The fraction of sp³-hybridized carbons (Fsp3) is 0.714. The predicted octanol–water partition coefficient (Wildman–Crippen LogP) is 2.72. The van der Waals surface area contributed by atoms with Gasteiger partial charge >= 0.3 is 0 Å². The average molecular weight is 316 g/mol. The summed E-state index contributed by atoms with van der Waals surface area (Å²) in [4.78, 5) is 1.07.